The molecule has 0 aliphatic heterocycles. The van der Waals surface area contributed by atoms with Crippen molar-refractivity contribution in [2.75, 3.05) is 5.32 Å². The summed E-state index contributed by atoms with van der Waals surface area (Å²) in [5.74, 6) is 1.06. The van der Waals surface area contributed by atoms with E-state index in [1.54, 1.807) is 0 Å². The summed E-state index contributed by atoms with van der Waals surface area (Å²) in [7, 11) is 0. The van der Waals surface area contributed by atoms with E-state index in [2.05, 4.69) is 45.3 Å². The summed E-state index contributed by atoms with van der Waals surface area (Å²) in [5, 5.41) is 3.69. The standard InChI is InChI=1S/C18H23N3/c1-2-7-15(8-3-1)21-13-12-19-18(21)20-17-11-10-14-6-4-5-9-16(14)17/h4-6,9,12-13,15,17H,1-3,7-8,10-11H2,(H,19,20). The lowest BCUT2D eigenvalue weighted by molar-refractivity contribution is 0.355. The molecule has 0 bridgehead atoms. The van der Waals surface area contributed by atoms with Crippen molar-refractivity contribution < 1.29 is 0 Å². The highest BCUT2D eigenvalue weighted by Gasteiger charge is 2.24. The fourth-order valence-electron chi connectivity index (χ4n) is 3.94. The second kappa shape index (κ2) is 5.55. The van der Waals surface area contributed by atoms with E-state index in [1.165, 1.54) is 56.1 Å². The number of aryl methyl sites for hydroxylation is 1. The first kappa shape index (κ1) is 12.9. The van der Waals surface area contributed by atoms with Gasteiger partial charge in [0.15, 0.2) is 0 Å². The van der Waals surface area contributed by atoms with Crippen LogP contribution in [0.3, 0.4) is 0 Å². The van der Waals surface area contributed by atoms with E-state index in [0.29, 0.717) is 12.1 Å². The van der Waals surface area contributed by atoms with Crippen molar-refractivity contribution in [3.8, 4) is 0 Å². The summed E-state index contributed by atoms with van der Waals surface area (Å²) in [6.07, 6.45) is 13.2. The number of benzene rings is 1. The fraction of sp³-hybridized carbons (Fsp3) is 0.500. The normalized spacial score (nSPS) is 22.2. The zero-order valence-corrected chi connectivity index (χ0v) is 12.5. The number of imidazole rings is 1. The van der Waals surface area contributed by atoms with Crippen molar-refractivity contribution in [3.63, 3.8) is 0 Å². The third kappa shape index (κ3) is 2.45. The molecule has 0 amide bonds. The second-order valence-electron chi connectivity index (χ2n) is 6.38. The van der Waals surface area contributed by atoms with Gasteiger partial charge in [0, 0.05) is 18.4 Å². The average Bonchev–Trinajstić information content (AvgIpc) is 3.16. The minimum atomic E-state index is 0.422. The number of hydrogen-bond donors (Lipinski definition) is 1. The van der Waals surface area contributed by atoms with E-state index in [4.69, 9.17) is 0 Å². The van der Waals surface area contributed by atoms with E-state index in [1.807, 2.05) is 6.20 Å². The molecule has 1 fully saturated rings. The van der Waals surface area contributed by atoms with E-state index in [0.717, 1.165) is 5.95 Å². The number of nitrogens with zero attached hydrogens (tertiary/aromatic N) is 2. The van der Waals surface area contributed by atoms with Crippen LogP contribution < -0.4 is 5.32 Å². The molecule has 0 spiro atoms. The van der Waals surface area contributed by atoms with Gasteiger partial charge in [-0.2, -0.15) is 0 Å². The molecule has 1 unspecified atom stereocenters. The zero-order valence-electron chi connectivity index (χ0n) is 12.5. The third-order valence-corrected chi connectivity index (χ3v) is 5.07. The molecule has 2 aliphatic carbocycles. The SMILES string of the molecule is c1ccc2c(c1)CCC2Nc1nccn1C1CCCCC1. The van der Waals surface area contributed by atoms with Gasteiger partial charge in [-0.05, 0) is 36.8 Å². The van der Waals surface area contributed by atoms with Crippen molar-refractivity contribution in [2.24, 2.45) is 0 Å². The van der Waals surface area contributed by atoms with Crippen molar-refractivity contribution in [1.29, 1.82) is 0 Å². The van der Waals surface area contributed by atoms with Crippen LogP contribution in [0, 0.1) is 0 Å². The Balaban J connectivity index is 1.55. The van der Waals surface area contributed by atoms with Crippen LogP contribution in [0.25, 0.3) is 0 Å². The molecule has 2 aromatic rings. The lowest BCUT2D eigenvalue weighted by Crippen LogP contribution is -2.17. The summed E-state index contributed by atoms with van der Waals surface area (Å²) < 4.78 is 2.38. The molecule has 21 heavy (non-hydrogen) atoms. The molecule has 1 N–H and O–H groups in total. The van der Waals surface area contributed by atoms with E-state index in [-0.39, 0.29) is 0 Å². The van der Waals surface area contributed by atoms with Crippen LogP contribution in [-0.4, -0.2) is 9.55 Å². The number of aromatic nitrogens is 2. The van der Waals surface area contributed by atoms with Gasteiger partial charge in [0.2, 0.25) is 5.95 Å². The number of rotatable bonds is 3. The van der Waals surface area contributed by atoms with Gasteiger partial charge in [-0.25, -0.2) is 4.98 Å². The van der Waals surface area contributed by atoms with E-state index >= 15 is 0 Å². The molecule has 1 aromatic heterocycles. The van der Waals surface area contributed by atoms with Gasteiger partial charge in [0.05, 0.1) is 6.04 Å². The predicted octanol–water partition coefficient (Wildman–Crippen LogP) is 4.49. The maximum atomic E-state index is 4.58. The van der Waals surface area contributed by atoms with Gasteiger partial charge in [-0.1, -0.05) is 43.5 Å². The third-order valence-electron chi connectivity index (χ3n) is 5.07. The van der Waals surface area contributed by atoms with Crippen LogP contribution in [-0.2, 0) is 6.42 Å². The van der Waals surface area contributed by atoms with E-state index < -0.39 is 0 Å². The van der Waals surface area contributed by atoms with Crippen molar-refractivity contribution in [2.45, 2.75) is 57.0 Å². The lowest BCUT2D eigenvalue weighted by atomic mass is 9.95. The monoisotopic (exact) mass is 281 g/mol. The van der Waals surface area contributed by atoms with Gasteiger partial charge < -0.3 is 9.88 Å². The zero-order chi connectivity index (χ0) is 14.1. The van der Waals surface area contributed by atoms with Gasteiger partial charge in [0.1, 0.15) is 0 Å². The first-order valence-corrected chi connectivity index (χ1v) is 8.29. The Morgan fingerprint density at radius 2 is 1.90 bits per heavy atom. The molecule has 1 aromatic carbocycles. The summed E-state index contributed by atoms with van der Waals surface area (Å²) in [6.45, 7) is 0. The maximum absolute atomic E-state index is 4.58. The molecule has 0 saturated heterocycles. The quantitative estimate of drug-likeness (QED) is 0.898. The highest BCUT2D eigenvalue weighted by atomic mass is 15.2. The molecule has 4 rings (SSSR count). The smallest absolute Gasteiger partial charge is 0.203 e. The molecule has 0 radical (unpaired) electrons. The van der Waals surface area contributed by atoms with Gasteiger partial charge in [-0.3, -0.25) is 0 Å². The highest BCUT2D eigenvalue weighted by Crippen LogP contribution is 2.35. The summed E-state index contributed by atoms with van der Waals surface area (Å²) in [4.78, 5) is 4.58. The van der Waals surface area contributed by atoms with Crippen LogP contribution in [0.2, 0.25) is 0 Å². The molecular weight excluding hydrogens is 258 g/mol. The van der Waals surface area contributed by atoms with E-state index in [9.17, 15) is 0 Å². The summed E-state index contributed by atoms with van der Waals surface area (Å²) in [5.41, 5.74) is 2.95. The van der Waals surface area contributed by atoms with Crippen molar-refractivity contribution in [1.82, 2.24) is 9.55 Å². The Morgan fingerprint density at radius 1 is 1.05 bits per heavy atom. The summed E-state index contributed by atoms with van der Waals surface area (Å²) in [6, 6.07) is 9.86. The molecule has 3 nitrogen and oxygen atoms in total. The van der Waals surface area contributed by atoms with Gasteiger partial charge in [0.25, 0.3) is 0 Å². The van der Waals surface area contributed by atoms with Crippen molar-refractivity contribution >= 4 is 5.95 Å². The number of hydrogen-bond acceptors (Lipinski definition) is 2. The summed E-state index contributed by atoms with van der Waals surface area (Å²) >= 11 is 0. The molecule has 1 atom stereocenters. The van der Waals surface area contributed by atoms with Crippen LogP contribution >= 0.6 is 0 Å². The Bertz CT molecular complexity index is 610. The molecule has 1 heterocycles. The second-order valence-corrected chi connectivity index (χ2v) is 6.38. The first-order valence-electron chi connectivity index (χ1n) is 8.29. The van der Waals surface area contributed by atoms with Gasteiger partial charge >= 0.3 is 0 Å². The highest BCUT2D eigenvalue weighted by molar-refractivity contribution is 5.41. The lowest BCUT2D eigenvalue weighted by Gasteiger charge is -2.26. The topological polar surface area (TPSA) is 29.9 Å². The molecular formula is C18H23N3. The number of anilines is 1. The molecule has 110 valence electrons. The van der Waals surface area contributed by atoms with Gasteiger partial charge in [-0.15, -0.1) is 0 Å². The Hall–Kier alpha value is -1.77. The van der Waals surface area contributed by atoms with Crippen LogP contribution in [0.1, 0.15) is 61.7 Å². The average molecular weight is 281 g/mol. The predicted molar refractivity (Wildman–Crippen MR) is 85.5 cm³/mol. The number of fused-ring (bicyclic) bond motifs is 1. The minimum absolute atomic E-state index is 0.422. The van der Waals surface area contributed by atoms with Crippen LogP contribution in [0.5, 0.6) is 0 Å². The number of nitrogens with one attached hydrogen (secondary N) is 1. The largest absolute Gasteiger partial charge is 0.349 e. The minimum Gasteiger partial charge on any atom is -0.349 e. The Labute approximate surface area is 126 Å². The first-order chi connectivity index (χ1) is 10.4. The molecule has 2 aliphatic rings. The fourth-order valence-corrected chi connectivity index (χ4v) is 3.94. The Morgan fingerprint density at radius 3 is 2.81 bits per heavy atom. The van der Waals surface area contributed by atoms with Crippen LogP contribution in [0.15, 0.2) is 36.7 Å². The Kier molecular flexibility index (Phi) is 3.42. The van der Waals surface area contributed by atoms with Crippen molar-refractivity contribution in [3.05, 3.63) is 47.8 Å². The molecule has 1 saturated carbocycles. The molecule has 3 heteroatoms. The van der Waals surface area contributed by atoms with Crippen LogP contribution in [0.4, 0.5) is 5.95 Å². The maximum Gasteiger partial charge on any atom is 0.203 e.